The fourth-order valence-corrected chi connectivity index (χ4v) is 1.19. The van der Waals surface area contributed by atoms with Crippen LogP contribution < -0.4 is 29.6 Å². The molecule has 0 saturated heterocycles. The maximum absolute atomic E-state index is 10.2. The average Bonchev–Trinajstić information content (AvgIpc) is 2.02. The van der Waals surface area contributed by atoms with Gasteiger partial charge in [0.1, 0.15) is 10.1 Å². The van der Waals surface area contributed by atoms with Gasteiger partial charge in [0.2, 0.25) is 0 Å². The summed E-state index contributed by atoms with van der Waals surface area (Å²) in [7, 11) is -4.30. The molecule has 1 aromatic rings. The monoisotopic (exact) mass is 240 g/mol. The second kappa shape index (κ2) is 5.90. The van der Waals surface area contributed by atoms with Crippen molar-refractivity contribution >= 4 is 27.8 Å². The van der Waals surface area contributed by atoms with Crippen LogP contribution in [0.25, 0.3) is 6.08 Å². The first-order valence-electron chi connectivity index (χ1n) is 3.37. The van der Waals surface area contributed by atoms with Gasteiger partial charge in [0.15, 0.2) is 0 Å². The van der Waals surface area contributed by atoms with E-state index in [0.717, 1.165) is 0 Å². The molecule has 0 bridgehead atoms. The van der Waals surface area contributed by atoms with Gasteiger partial charge in [-0.05, 0) is 23.8 Å². The first kappa shape index (κ1) is 14.2. The van der Waals surface area contributed by atoms with Crippen LogP contribution in [0, 0.1) is 0 Å². The van der Waals surface area contributed by atoms with Crippen molar-refractivity contribution < 1.29 is 42.5 Å². The first-order chi connectivity index (χ1) is 5.97. The van der Waals surface area contributed by atoms with Gasteiger partial charge in [-0.2, -0.15) is 0 Å². The maximum Gasteiger partial charge on any atom is 1.00 e. The molecule has 0 aliphatic rings. The Labute approximate surface area is 110 Å². The van der Waals surface area contributed by atoms with Crippen molar-refractivity contribution in [1.82, 2.24) is 0 Å². The van der Waals surface area contributed by atoms with Gasteiger partial charge < -0.3 is 4.55 Å². The van der Waals surface area contributed by atoms with Crippen LogP contribution in [-0.4, -0.2) is 13.0 Å². The Bertz CT molecular complexity index is 411. The van der Waals surface area contributed by atoms with Crippen molar-refractivity contribution in [2.45, 2.75) is 0 Å². The van der Waals surface area contributed by atoms with Crippen molar-refractivity contribution in [1.29, 1.82) is 0 Å². The SMILES string of the molecule is O=S(=O)([O-])/C=C/c1ccc(Cl)cc1.[Na+]. The Kier molecular flexibility index (Phi) is 5.97. The Hall–Kier alpha value is 0.160. The van der Waals surface area contributed by atoms with Gasteiger partial charge in [-0.3, -0.25) is 0 Å². The Balaban J connectivity index is 0.00000169. The maximum atomic E-state index is 10.2. The van der Waals surface area contributed by atoms with Crippen molar-refractivity contribution in [3.8, 4) is 0 Å². The fraction of sp³-hybridized carbons (Fsp3) is 0. The summed E-state index contributed by atoms with van der Waals surface area (Å²) in [6.45, 7) is 0. The van der Waals surface area contributed by atoms with Crippen LogP contribution in [0.2, 0.25) is 5.02 Å². The summed E-state index contributed by atoms with van der Waals surface area (Å²) in [6, 6.07) is 6.45. The first-order valence-corrected chi connectivity index (χ1v) is 5.22. The number of rotatable bonds is 2. The quantitative estimate of drug-likeness (QED) is 0.485. The van der Waals surface area contributed by atoms with E-state index in [2.05, 4.69) is 0 Å². The number of hydrogen-bond donors (Lipinski definition) is 0. The molecular weight excluding hydrogens is 235 g/mol. The van der Waals surface area contributed by atoms with E-state index < -0.39 is 10.1 Å². The van der Waals surface area contributed by atoms with Crippen molar-refractivity contribution in [2.24, 2.45) is 0 Å². The molecule has 0 fully saturated rings. The fourth-order valence-electron chi connectivity index (χ4n) is 0.736. The molecule has 0 N–H and O–H groups in total. The summed E-state index contributed by atoms with van der Waals surface area (Å²) >= 11 is 5.60. The zero-order chi connectivity index (χ0) is 9.90. The van der Waals surface area contributed by atoms with Gasteiger partial charge in [-0.1, -0.05) is 23.7 Å². The van der Waals surface area contributed by atoms with E-state index >= 15 is 0 Å². The minimum atomic E-state index is -4.30. The summed E-state index contributed by atoms with van der Waals surface area (Å²) in [5.41, 5.74) is 0.615. The third-order valence-corrected chi connectivity index (χ3v) is 2.02. The zero-order valence-electron chi connectivity index (χ0n) is 7.48. The normalized spacial score (nSPS) is 11.3. The Morgan fingerprint density at radius 1 is 1.21 bits per heavy atom. The molecule has 0 radical (unpaired) electrons. The number of hydrogen-bond acceptors (Lipinski definition) is 3. The second-order valence-electron chi connectivity index (χ2n) is 2.35. The minimum absolute atomic E-state index is 0. The summed E-state index contributed by atoms with van der Waals surface area (Å²) in [4.78, 5) is 0. The molecule has 0 spiro atoms. The third-order valence-electron chi connectivity index (χ3n) is 1.30. The molecule has 1 rings (SSSR count). The van der Waals surface area contributed by atoms with Gasteiger partial charge in [0, 0.05) is 10.4 Å². The molecule has 0 aromatic heterocycles. The number of benzene rings is 1. The largest absolute Gasteiger partial charge is 1.00 e. The molecule has 3 nitrogen and oxygen atoms in total. The molecule has 0 aliphatic heterocycles. The van der Waals surface area contributed by atoms with E-state index in [-0.39, 0.29) is 29.6 Å². The van der Waals surface area contributed by atoms with Crippen molar-refractivity contribution in [3.63, 3.8) is 0 Å². The Morgan fingerprint density at radius 2 is 1.71 bits per heavy atom. The van der Waals surface area contributed by atoms with Crippen LogP contribution in [0.4, 0.5) is 0 Å². The van der Waals surface area contributed by atoms with E-state index in [1.807, 2.05) is 0 Å². The van der Waals surface area contributed by atoms with Crippen LogP contribution in [0.5, 0.6) is 0 Å². The smallest absolute Gasteiger partial charge is 0.744 e. The standard InChI is InChI=1S/C8H7ClO3S.Na/c9-8-3-1-7(2-4-8)5-6-13(10,11)12;/h1-6H,(H,10,11,12);/q;+1/p-1/b6-5+;. The van der Waals surface area contributed by atoms with E-state index in [4.69, 9.17) is 11.6 Å². The summed E-state index contributed by atoms with van der Waals surface area (Å²) in [5, 5.41) is 1.16. The van der Waals surface area contributed by atoms with Gasteiger partial charge in [0.25, 0.3) is 0 Å². The molecule has 0 atom stereocenters. The predicted octanol–water partition coefficient (Wildman–Crippen LogP) is -1.14. The van der Waals surface area contributed by atoms with E-state index in [0.29, 0.717) is 16.0 Å². The van der Waals surface area contributed by atoms with E-state index in [9.17, 15) is 13.0 Å². The van der Waals surface area contributed by atoms with Crippen LogP contribution in [0.3, 0.4) is 0 Å². The summed E-state index contributed by atoms with van der Waals surface area (Å²) < 4.78 is 30.6. The molecule has 0 saturated carbocycles. The summed E-state index contributed by atoms with van der Waals surface area (Å²) in [6.07, 6.45) is 1.22. The van der Waals surface area contributed by atoms with Gasteiger partial charge in [0.05, 0.1) is 0 Å². The molecule has 0 amide bonds. The van der Waals surface area contributed by atoms with Gasteiger partial charge >= 0.3 is 29.6 Å². The predicted molar refractivity (Wildman–Crippen MR) is 50.2 cm³/mol. The molecule has 0 heterocycles. The van der Waals surface area contributed by atoms with Crippen LogP contribution in [0.1, 0.15) is 5.56 Å². The average molecular weight is 241 g/mol. The minimum Gasteiger partial charge on any atom is -0.744 e. The van der Waals surface area contributed by atoms with Crippen LogP contribution in [-0.2, 0) is 10.1 Å². The molecular formula is C8H6ClNaO3S. The van der Waals surface area contributed by atoms with Crippen molar-refractivity contribution in [3.05, 3.63) is 40.3 Å². The number of halogens is 1. The molecule has 70 valence electrons. The second-order valence-corrected chi connectivity index (χ2v) is 4.04. The molecule has 1 aromatic carbocycles. The molecule has 14 heavy (non-hydrogen) atoms. The van der Waals surface area contributed by atoms with Crippen LogP contribution >= 0.6 is 11.6 Å². The van der Waals surface area contributed by atoms with E-state index in [1.165, 1.54) is 6.08 Å². The molecule has 0 aliphatic carbocycles. The zero-order valence-corrected chi connectivity index (χ0v) is 11.0. The van der Waals surface area contributed by atoms with Gasteiger partial charge in [-0.15, -0.1) is 0 Å². The molecule has 6 heteroatoms. The topological polar surface area (TPSA) is 57.2 Å². The van der Waals surface area contributed by atoms with Crippen molar-refractivity contribution in [2.75, 3.05) is 0 Å². The van der Waals surface area contributed by atoms with E-state index in [1.54, 1.807) is 24.3 Å². The van der Waals surface area contributed by atoms with Crippen LogP contribution in [0.15, 0.2) is 29.7 Å². The Morgan fingerprint density at radius 3 is 2.14 bits per heavy atom. The third kappa shape index (κ3) is 5.80. The van der Waals surface area contributed by atoms with Gasteiger partial charge in [-0.25, -0.2) is 8.42 Å². The summed E-state index contributed by atoms with van der Waals surface area (Å²) in [5.74, 6) is 0. The molecule has 0 unspecified atom stereocenters.